The molecule has 0 fully saturated rings. The first kappa shape index (κ1) is 19.7. The average Bonchev–Trinajstić information content (AvgIpc) is 3.23. The van der Waals surface area contributed by atoms with E-state index in [-0.39, 0.29) is 11.8 Å². The van der Waals surface area contributed by atoms with Crippen molar-refractivity contribution in [3.63, 3.8) is 0 Å². The normalized spacial score (nSPS) is 11.9. The molecule has 0 aliphatic heterocycles. The van der Waals surface area contributed by atoms with Crippen LogP contribution in [0.4, 0.5) is 5.13 Å². The van der Waals surface area contributed by atoms with Crippen LogP contribution in [0.25, 0.3) is 10.9 Å². The molecule has 0 aliphatic carbocycles. The monoisotopic (exact) mass is 402 g/mol. The summed E-state index contributed by atoms with van der Waals surface area (Å²) in [6, 6.07) is 4.59. The summed E-state index contributed by atoms with van der Waals surface area (Å²) in [4.78, 5) is 29.3. The fourth-order valence-electron chi connectivity index (χ4n) is 2.84. The topological polar surface area (TPSA) is 94.5 Å². The number of ether oxygens (including phenoxy) is 2. The minimum Gasteiger partial charge on any atom is -0.497 e. The van der Waals surface area contributed by atoms with Crippen LogP contribution >= 0.6 is 11.3 Å². The molecular weight excluding hydrogens is 380 g/mol. The van der Waals surface area contributed by atoms with Crippen LogP contribution < -0.4 is 20.1 Å². The molecule has 0 radical (unpaired) electrons. The lowest BCUT2D eigenvalue weighted by Gasteiger charge is -2.13. The maximum Gasteiger partial charge on any atom is 0.268 e. The van der Waals surface area contributed by atoms with Crippen LogP contribution in [0.3, 0.4) is 0 Å². The van der Waals surface area contributed by atoms with Gasteiger partial charge in [0.25, 0.3) is 5.91 Å². The summed E-state index contributed by atoms with van der Waals surface area (Å²) in [7, 11) is 4.91. The van der Waals surface area contributed by atoms with E-state index in [1.54, 1.807) is 44.9 Å². The van der Waals surface area contributed by atoms with Crippen molar-refractivity contribution < 1.29 is 19.1 Å². The molecule has 9 heteroatoms. The van der Waals surface area contributed by atoms with E-state index in [0.717, 1.165) is 16.6 Å². The average molecular weight is 402 g/mol. The van der Waals surface area contributed by atoms with Gasteiger partial charge >= 0.3 is 0 Å². The Balaban J connectivity index is 1.81. The Morgan fingerprint density at radius 2 is 1.96 bits per heavy atom. The van der Waals surface area contributed by atoms with Gasteiger partial charge in [0.15, 0.2) is 5.13 Å². The van der Waals surface area contributed by atoms with Crippen LogP contribution in [0.1, 0.15) is 23.1 Å². The van der Waals surface area contributed by atoms with Gasteiger partial charge in [-0.05, 0) is 19.9 Å². The summed E-state index contributed by atoms with van der Waals surface area (Å²) in [5.74, 6) is 0.538. The number of fused-ring (bicyclic) bond motifs is 1. The van der Waals surface area contributed by atoms with Crippen LogP contribution in [-0.2, 0) is 11.8 Å². The standard InChI is InChI=1S/C19H22N4O4S/c1-10-9-28-19(20-10)22-17(24)11(2)21-18(25)15-8-13-14(23(15)3)6-12(26-4)7-16(13)27-5/h6-9,11H,1-5H3,(H,21,25)(H,20,22,24)/t11-/m0/s1. The number of nitrogens with zero attached hydrogens (tertiary/aromatic N) is 2. The number of carbonyl (C=O) groups is 2. The Bertz CT molecular complexity index is 1040. The number of benzene rings is 1. The van der Waals surface area contributed by atoms with Crippen molar-refractivity contribution in [2.45, 2.75) is 19.9 Å². The number of carbonyl (C=O) groups excluding carboxylic acids is 2. The molecule has 0 bridgehead atoms. The maximum atomic E-state index is 12.8. The Hall–Kier alpha value is -3.07. The van der Waals surface area contributed by atoms with Gasteiger partial charge in [-0.2, -0.15) is 0 Å². The van der Waals surface area contributed by atoms with E-state index in [2.05, 4.69) is 15.6 Å². The number of nitrogens with one attached hydrogen (secondary N) is 2. The third kappa shape index (κ3) is 3.79. The number of thiazole rings is 1. The largest absolute Gasteiger partial charge is 0.497 e. The number of anilines is 1. The van der Waals surface area contributed by atoms with Crippen LogP contribution in [-0.4, -0.2) is 41.6 Å². The van der Waals surface area contributed by atoms with Crippen molar-refractivity contribution in [3.05, 3.63) is 35.0 Å². The second-order valence-electron chi connectivity index (χ2n) is 6.33. The zero-order valence-electron chi connectivity index (χ0n) is 16.3. The van der Waals surface area contributed by atoms with Crippen LogP contribution in [0, 0.1) is 6.92 Å². The molecule has 3 rings (SSSR count). The Kier molecular flexibility index (Phi) is 5.55. The lowest BCUT2D eigenvalue weighted by molar-refractivity contribution is -0.117. The zero-order valence-corrected chi connectivity index (χ0v) is 17.1. The van der Waals surface area contributed by atoms with E-state index in [4.69, 9.17) is 9.47 Å². The summed E-state index contributed by atoms with van der Waals surface area (Å²) < 4.78 is 12.4. The van der Waals surface area contributed by atoms with Crippen LogP contribution in [0.2, 0.25) is 0 Å². The first-order valence-electron chi connectivity index (χ1n) is 8.59. The third-order valence-electron chi connectivity index (χ3n) is 4.38. The quantitative estimate of drug-likeness (QED) is 0.661. The smallest absolute Gasteiger partial charge is 0.268 e. The van der Waals surface area contributed by atoms with Crippen molar-refractivity contribution in [1.29, 1.82) is 0 Å². The minimum atomic E-state index is -0.730. The molecule has 3 aromatic rings. The highest BCUT2D eigenvalue weighted by Gasteiger charge is 2.21. The fraction of sp³-hybridized carbons (Fsp3) is 0.316. The molecule has 8 nitrogen and oxygen atoms in total. The van der Waals surface area contributed by atoms with Gasteiger partial charge in [-0.15, -0.1) is 11.3 Å². The summed E-state index contributed by atoms with van der Waals surface area (Å²) in [6.45, 7) is 3.47. The van der Waals surface area contributed by atoms with Gasteiger partial charge in [0.05, 0.1) is 25.4 Å². The molecule has 0 spiro atoms. The second-order valence-corrected chi connectivity index (χ2v) is 7.19. The summed E-state index contributed by atoms with van der Waals surface area (Å²) in [5, 5.41) is 8.56. The number of rotatable bonds is 6. The van der Waals surface area contributed by atoms with E-state index in [1.807, 2.05) is 18.4 Å². The van der Waals surface area contributed by atoms with Crippen molar-refractivity contribution in [2.24, 2.45) is 7.05 Å². The predicted molar refractivity (Wildman–Crippen MR) is 108 cm³/mol. The predicted octanol–water partition coefficient (Wildman–Crippen LogP) is 2.72. The number of aryl methyl sites for hydroxylation is 2. The van der Waals surface area contributed by atoms with Crippen molar-refractivity contribution >= 4 is 39.2 Å². The van der Waals surface area contributed by atoms with Gasteiger partial charge in [0.1, 0.15) is 23.2 Å². The van der Waals surface area contributed by atoms with E-state index >= 15 is 0 Å². The van der Waals surface area contributed by atoms with E-state index < -0.39 is 6.04 Å². The molecular formula is C19H22N4O4S. The first-order chi connectivity index (χ1) is 13.3. The maximum absolute atomic E-state index is 12.8. The summed E-state index contributed by atoms with van der Waals surface area (Å²) >= 11 is 1.34. The fourth-order valence-corrected chi connectivity index (χ4v) is 3.53. The van der Waals surface area contributed by atoms with Gasteiger partial charge in [-0.1, -0.05) is 0 Å². The molecule has 2 heterocycles. The molecule has 2 N–H and O–H groups in total. The molecule has 2 amide bonds. The van der Waals surface area contributed by atoms with Crippen LogP contribution in [0.15, 0.2) is 23.6 Å². The van der Waals surface area contributed by atoms with E-state index in [9.17, 15) is 9.59 Å². The first-order valence-corrected chi connectivity index (χ1v) is 9.47. The molecule has 0 unspecified atom stereocenters. The van der Waals surface area contributed by atoms with E-state index in [0.29, 0.717) is 22.3 Å². The summed E-state index contributed by atoms with van der Waals surface area (Å²) in [6.07, 6.45) is 0. The third-order valence-corrected chi connectivity index (χ3v) is 5.25. The number of hydrogen-bond donors (Lipinski definition) is 2. The lowest BCUT2D eigenvalue weighted by atomic mass is 10.2. The molecule has 0 saturated heterocycles. The van der Waals surface area contributed by atoms with Crippen molar-refractivity contribution in [1.82, 2.24) is 14.9 Å². The highest BCUT2D eigenvalue weighted by molar-refractivity contribution is 7.13. The minimum absolute atomic E-state index is 0.333. The van der Waals surface area contributed by atoms with Gasteiger partial charge in [-0.3, -0.25) is 9.59 Å². The number of amides is 2. The van der Waals surface area contributed by atoms with Gasteiger partial charge < -0.3 is 24.7 Å². The van der Waals surface area contributed by atoms with Gasteiger partial charge in [0, 0.05) is 29.9 Å². The number of methoxy groups -OCH3 is 2. The highest BCUT2D eigenvalue weighted by Crippen LogP contribution is 2.33. The molecule has 0 aliphatic rings. The molecule has 2 aromatic heterocycles. The van der Waals surface area contributed by atoms with Gasteiger partial charge in [-0.25, -0.2) is 4.98 Å². The van der Waals surface area contributed by atoms with Crippen molar-refractivity contribution in [2.75, 3.05) is 19.5 Å². The lowest BCUT2D eigenvalue weighted by Crippen LogP contribution is -2.42. The molecule has 1 aromatic carbocycles. The Labute approximate surface area is 166 Å². The Morgan fingerprint density at radius 1 is 1.21 bits per heavy atom. The molecule has 148 valence electrons. The van der Waals surface area contributed by atoms with Crippen LogP contribution in [0.5, 0.6) is 11.5 Å². The van der Waals surface area contributed by atoms with Gasteiger partial charge in [0.2, 0.25) is 5.91 Å². The highest BCUT2D eigenvalue weighted by atomic mass is 32.1. The number of aromatic nitrogens is 2. The SMILES string of the molecule is COc1cc(OC)c2cc(C(=O)N[C@@H](C)C(=O)Nc3nc(C)cs3)n(C)c2c1. The second kappa shape index (κ2) is 7.89. The summed E-state index contributed by atoms with van der Waals surface area (Å²) in [5.41, 5.74) is 2.03. The van der Waals surface area contributed by atoms with Crippen molar-refractivity contribution in [3.8, 4) is 11.5 Å². The molecule has 1 atom stereocenters. The zero-order chi connectivity index (χ0) is 20.4. The molecule has 28 heavy (non-hydrogen) atoms. The number of hydrogen-bond acceptors (Lipinski definition) is 6. The molecule has 0 saturated carbocycles. The Morgan fingerprint density at radius 3 is 2.57 bits per heavy atom. The van der Waals surface area contributed by atoms with E-state index in [1.165, 1.54) is 11.3 Å².